The molecular weight excluding hydrogens is 484 g/mol. The molecule has 38 heavy (non-hydrogen) atoms. The van der Waals surface area contributed by atoms with Gasteiger partial charge in [0.25, 0.3) is 11.8 Å². The van der Waals surface area contributed by atoms with Gasteiger partial charge in [-0.2, -0.15) is 10.1 Å². The maximum Gasteiger partial charge on any atom is 0.258 e. The van der Waals surface area contributed by atoms with Crippen molar-refractivity contribution in [2.75, 3.05) is 30.6 Å². The Balaban J connectivity index is 1.46. The van der Waals surface area contributed by atoms with Crippen LogP contribution in [-0.4, -0.2) is 45.9 Å². The largest absolute Gasteiger partial charge is 0.491 e. The second kappa shape index (κ2) is 10.3. The fourth-order valence-electron chi connectivity index (χ4n) is 3.89. The molecule has 11 nitrogen and oxygen atoms in total. The number of hydrogen-bond donors (Lipinski definition) is 4. The molecule has 5 N–H and O–H groups in total. The zero-order chi connectivity index (χ0) is 26.6. The van der Waals surface area contributed by atoms with Gasteiger partial charge in [0.2, 0.25) is 0 Å². The van der Waals surface area contributed by atoms with E-state index in [1.54, 1.807) is 72.5 Å². The number of carbonyl (C=O) groups is 1. The molecule has 0 aliphatic heterocycles. The number of carbonyl (C=O) groups excluding carboxylic acids is 1. The van der Waals surface area contributed by atoms with Crippen molar-refractivity contribution in [2.24, 2.45) is 0 Å². The fourth-order valence-corrected chi connectivity index (χ4v) is 3.89. The summed E-state index contributed by atoms with van der Waals surface area (Å²) >= 11 is 0. The summed E-state index contributed by atoms with van der Waals surface area (Å²) in [5.41, 5.74) is 10.4. The van der Waals surface area contributed by atoms with E-state index in [0.717, 1.165) is 11.8 Å². The molecule has 0 saturated carbocycles. The average molecular weight is 509 g/mol. The van der Waals surface area contributed by atoms with Gasteiger partial charge >= 0.3 is 0 Å². The topological polar surface area (TPSA) is 153 Å². The lowest BCUT2D eigenvalue weighted by Gasteiger charge is -2.12. The van der Waals surface area contributed by atoms with Crippen LogP contribution in [0, 0.1) is 5.41 Å². The van der Waals surface area contributed by atoms with Crippen LogP contribution in [0.5, 0.6) is 11.6 Å². The molecule has 11 heteroatoms. The molecule has 0 bridgehead atoms. The van der Waals surface area contributed by atoms with E-state index in [4.69, 9.17) is 20.6 Å². The SMILES string of the molecule is COc1ccc(Nc2cc(-c3cccc(C(=O)Nc4ccc(N)c(C=N)c4)c3)nn3ccnc23)nc1OC. The van der Waals surface area contributed by atoms with Gasteiger partial charge in [-0.15, -0.1) is 0 Å². The third-order valence-electron chi connectivity index (χ3n) is 5.78. The first kappa shape index (κ1) is 24.3. The molecule has 2 aromatic carbocycles. The van der Waals surface area contributed by atoms with Gasteiger partial charge in [0.1, 0.15) is 5.82 Å². The van der Waals surface area contributed by atoms with Crippen molar-refractivity contribution >= 4 is 40.6 Å². The minimum Gasteiger partial charge on any atom is -0.491 e. The van der Waals surface area contributed by atoms with E-state index < -0.39 is 0 Å². The minimum atomic E-state index is -0.302. The number of rotatable bonds is 8. The van der Waals surface area contributed by atoms with Crippen LogP contribution in [0.25, 0.3) is 16.9 Å². The normalized spacial score (nSPS) is 10.7. The molecule has 0 spiro atoms. The highest BCUT2D eigenvalue weighted by molar-refractivity contribution is 6.05. The third-order valence-corrected chi connectivity index (χ3v) is 5.78. The quantitative estimate of drug-likeness (QED) is 0.178. The molecule has 0 aliphatic carbocycles. The molecule has 0 fully saturated rings. The Morgan fingerprint density at radius 2 is 1.95 bits per heavy atom. The van der Waals surface area contributed by atoms with E-state index >= 15 is 0 Å². The molecule has 0 saturated heterocycles. The van der Waals surface area contributed by atoms with Crippen LogP contribution >= 0.6 is 0 Å². The van der Waals surface area contributed by atoms with Crippen LogP contribution in [0.3, 0.4) is 0 Å². The third kappa shape index (κ3) is 4.80. The summed E-state index contributed by atoms with van der Waals surface area (Å²) in [5.74, 6) is 1.09. The maximum absolute atomic E-state index is 13.0. The predicted molar refractivity (Wildman–Crippen MR) is 146 cm³/mol. The van der Waals surface area contributed by atoms with Crippen molar-refractivity contribution in [1.82, 2.24) is 19.6 Å². The van der Waals surface area contributed by atoms with E-state index in [2.05, 4.69) is 25.7 Å². The Morgan fingerprint density at radius 1 is 1.08 bits per heavy atom. The molecule has 0 atom stereocenters. The zero-order valence-electron chi connectivity index (χ0n) is 20.6. The highest BCUT2D eigenvalue weighted by Gasteiger charge is 2.14. The summed E-state index contributed by atoms with van der Waals surface area (Å²) in [6, 6.07) is 17.5. The summed E-state index contributed by atoms with van der Waals surface area (Å²) in [7, 11) is 3.07. The van der Waals surface area contributed by atoms with Gasteiger partial charge in [-0.1, -0.05) is 12.1 Å². The smallest absolute Gasteiger partial charge is 0.258 e. The van der Waals surface area contributed by atoms with E-state index in [9.17, 15) is 4.79 Å². The minimum absolute atomic E-state index is 0.302. The number of hydrogen-bond acceptors (Lipinski definition) is 9. The first-order valence-corrected chi connectivity index (χ1v) is 11.5. The summed E-state index contributed by atoms with van der Waals surface area (Å²) in [5, 5.41) is 18.3. The Labute approximate surface area is 217 Å². The molecule has 0 radical (unpaired) electrons. The molecule has 5 rings (SSSR count). The van der Waals surface area contributed by atoms with E-state index in [1.165, 1.54) is 7.11 Å². The number of nitrogen functional groups attached to an aromatic ring is 1. The Kier molecular flexibility index (Phi) is 6.55. The Bertz CT molecular complexity index is 1660. The van der Waals surface area contributed by atoms with E-state index in [-0.39, 0.29) is 5.91 Å². The van der Waals surface area contributed by atoms with Gasteiger partial charge in [-0.25, -0.2) is 9.50 Å². The van der Waals surface area contributed by atoms with Gasteiger partial charge in [0.05, 0.1) is 25.6 Å². The van der Waals surface area contributed by atoms with E-state index in [1.807, 2.05) is 12.1 Å². The number of nitrogens with zero attached hydrogens (tertiary/aromatic N) is 4. The number of aromatic nitrogens is 4. The van der Waals surface area contributed by atoms with Gasteiger partial charge in [-0.3, -0.25) is 4.79 Å². The van der Waals surface area contributed by atoms with Crippen LogP contribution in [0.2, 0.25) is 0 Å². The lowest BCUT2D eigenvalue weighted by molar-refractivity contribution is 0.102. The standard InChI is InChI=1S/C27H24N8O3/c1-37-23-8-9-24(33-27(23)38-2)32-22-14-21(34-35-11-10-30-25(22)35)16-4-3-5-17(12-16)26(36)31-19-6-7-20(29)18(13-19)15-28/h3-15,28H,29H2,1-2H3,(H,31,36)(H,32,33). The van der Waals surface area contributed by atoms with Crippen LogP contribution in [0.15, 0.2) is 73.1 Å². The predicted octanol–water partition coefficient (Wildman–Crippen LogP) is 4.38. The molecule has 3 aromatic heterocycles. The van der Waals surface area contributed by atoms with Crippen molar-refractivity contribution in [3.63, 3.8) is 0 Å². The van der Waals surface area contributed by atoms with Crippen LogP contribution in [0.1, 0.15) is 15.9 Å². The lowest BCUT2D eigenvalue weighted by Crippen LogP contribution is -2.12. The Morgan fingerprint density at radius 3 is 2.74 bits per heavy atom. The van der Waals surface area contributed by atoms with Gasteiger partial charge < -0.3 is 31.3 Å². The number of anilines is 4. The fraction of sp³-hybridized carbons (Fsp3) is 0.0741. The molecule has 5 aromatic rings. The summed E-state index contributed by atoms with van der Waals surface area (Å²) in [4.78, 5) is 21.9. The number of methoxy groups -OCH3 is 2. The Hall–Kier alpha value is -5.45. The lowest BCUT2D eigenvalue weighted by atomic mass is 10.1. The number of nitrogens with one attached hydrogen (secondary N) is 3. The first-order valence-electron chi connectivity index (χ1n) is 11.5. The number of amides is 1. The van der Waals surface area contributed by atoms with Gasteiger partial charge in [0, 0.05) is 46.7 Å². The van der Waals surface area contributed by atoms with Crippen molar-refractivity contribution in [2.45, 2.75) is 0 Å². The van der Waals surface area contributed by atoms with E-state index in [0.29, 0.717) is 57.0 Å². The highest BCUT2D eigenvalue weighted by Crippen LogP contribution is 2.30. The number of imidazole rings is 1. The van der Waals surface area contributed by atoms with Gasteiger partial charge in [0.15, 0.2) is 11.4 Å². The summed E-state index contributed by atoms with van der Waals surface area (Å²) in [6.07, 6.45) is 4.54. The monoisotopic (exact) mass is 508 g/mol. The van der Waals surface area contributed by atoms with Crippen molar-refractivity contribution in [3.8, 4) is 22.9 Å². The summed E-state index contributed by atoms with van der Waals surface area (Å²) in [6.45, 7) is 0. The number of pyridine rings is 1. The molecular formula is C27H24N8O3. The molecule has 3 heterocycles. The zero-order valence-corrected chi connectivity index (χ0v) is 20.6. The first-order chi connectivity index (χ1) is 18.5. The number of ether oxygens (including phenoxy) is 2. The average Bonchev–Trinajstić information content (AvgIpc) is 3.43. The van der Waals surface area contributed by atoms with Crippen molar-refractivity contribution < 1.29 is 14.3 Å². The second-order valence-corrected chi connectivity index (χ2v) is 8.19. The van der Waals surface area contributed by atoms with Crippen molar-refractivity contribution in [1.29, 1.82) is 5.41 Å². The molecule has 190 valence electrons. The maximum atomic E-state index is 13.0. The summed E-state index contributed by atoms with van der Waals surface area (Å²) < 4.78 is 12.2. The van der Waals surface area contributed by atoms with Gasteiger partial charge in [-0.05, 0) is 48.5 Å². The number of nitrogens with two attached hydrogens (primary N) is 1. The molecule has 0 unspecified atom stereocenters. The molecule has 0 aliphatic rings. The number of benzene rings is 2. The van der Waals surface area contributed by atoms with Crippen LogP contribution in [0.4, 0.5) is 22.9 Å². The molecule has 1 amide bonds. The van der Waals surface area contributed by atoms with Crippen LogP contribution < -0.4 is 25.8 Å². The number of fused-ring (bicyclic) bond motifs is 1. The second-order valence-electron chi connectivity index (χ2n) is 8.19. The van der Waals surface area contributed by atoms with Crippen LogP contribution in [-0.2, 0) is 0 Å². The van der Waals surface area contributed by atoms with Crippen molar-refractivity contribution in [3.05, 3.63) is 84.2 Å². The highest BCUT2D eigenvalue weighted by atomic mass is 16.5.